The van der Waals surface area contributed by atoms with Gasteiger partial charge in [0.25, 0.3) is 0 Å². The Morgan fingerprint density at radius 3 is 2.43 bits per heavy atom. The van der Waals surface area contributed by atoms with Crippen LogP contribution in [-0.2, 0) is 11.2 Å². The minimum Gasteiger partial charge on any atom is -0.353 e. The summed E-state index contributed by atoms with van der Waals surface area (Å²) in [7, 11) is 0. The first kappa shape index (κ1) is 20.4. The number of carbonyl (C=O) groups is 1. The van der Waals surface area contributed by atoms with Crippen LogP contribution in [0.5, 0.6) is 0 Å². The van der Waals surface area contributed by atoms with Gasteiger partial charge in [0.05, 0.1) is 5.25 Å². The van der Waals surface area contributed by atoms with Crippen molar-refractivity contribution < 1.29 is 4.79 Å². The highest BCUT2D eigenvalue weighted by atomic mass is 32.2. The molecule has 2 atom stereocenters. The second-order valence-corrected chi connectivity index (χ2v) is 9.12. The zero-order valence-electron chi connectivity index (χ0n) is 16.0. The standard InChI is InChI=1S/C21H24N4OS2/c1-15(13-14-17-9-5-3-6-10-17)22-19(26)16(2)27-21-25-24-20(28-21)23-18-11-7-4-8-12-18/h3-12,15-16H,13-14H2,1-2H3,(H,22,26)(H,23,24). The topological polar surface area (TPSA) is 66.9 Å². The van der Waals surface area contributed by atoms with E-state index in [9.17, 15) is 4.79 Å². The fourth-order valence-electron chi connectivity index (χ4n) is 2.62. The van der Waals surface area contributed by atoms with Crippen molar-refractivity contribution in [2.45, 2.75) is 42.3 Å². The molecule has 1 amide bonds. The highest BCUT2D eigenvalue weighted by molar-refractivity contribution is 8.02. The molecule has 2 N–H and O–H groups in total. The van der Waals surface area contributed by atoms with Crippen LogP contribution in [0.4, 0.5) is 10.8 Å². The molecule has 7 heteroatoms. The first-order valence-electron chi connectivity index (χ1n) is 9.26. The van der Waals surface area contributed by atoms with Crippen LogP contribution in [0.2, 0.25) is 0 Å². The molecule has 3 rings (SSSR count). The fourth-order valence-corrected chi connectivity index (χ4v) is 4.54. The summed E-state index contributed by atoms with van der Waals surface area (Å²) in [6.07, 6.45) is 1.87. The van der Waals surface area contributed by atoms with Crippen molar-refractivity contribution in [1.29, 1.82) is 0 Å². The van der Waals surface area contributed by atoms with E-state index >= 15 is 0 Å². The number of rotatable bonds is 9. The normalized spacial score (nSPS) is 12.9. The van der Waals surface area contributed by atoms with Crippen molar-refractivity contribution in [3.8, 4) is 0 Å². The lowest BCUT2D eigenvalue weighted by Crippen LogP contribution is -2.37. The van der Waals surface area contributed by atoms with Gasteiger partial charge in [-0.3, -0.25) is 4.79 Å². The van der Waals surface area contributed by atoms with Gasteiger partial charge in [0.1, 0.15) is 0 Å². The fraction of sp³-hybridized carbons (Fsp3) is 0.286. The Bertz CT molecular complexity index is 870. The van der Waals surface area contributed by atoms with Gasteiger partial charge in [0.15, 0.2) is 4.34 Å². The smallest absolute Gasteiger partial charge is 0.233 e. The molecule has 0 saturated carbocycles. The number of benzene rings is 2. The van der Waals surface area contributed by atoms with E-state index in [1.165, 1.54) is 28.7 Å². The van der Waals surface area contributed by atoms with Crippen molar-refractivity contribution in [1.82, 2.24) is 15.5 Å². The molecule has 2 unspecified atom stereocenters. The number of hydrogen-bond donors (Lipinski definition) is 2. The van der Waals surface area contributed by atoms with E-state index in [1.807, 2.05) is 62.4 Å². The van der Waals surface area contributed by atoms with Gasteiger partial charge in [0.2, 0.25) is 11.0 Å². The van der Waals surface area contributed by atoms with E-state index in [2.05, 4.69) is 33.0 Å². The van der Waals surface area contributed by atoms with Crippen LogP contribution in [0, 0.1) is 0 Å². The summed E-state index contributed by atoms with van der Waals surface area (Å²) in [6.45, 7) is 3.95. The van der Waals surface area contributed by atoms with Crippen LogP contribution in [0.3, 0.4) is 0 Å². The summed E-state index contributed by atoms with van der Waals surface area (Å²) >= 11 is 2.88. The third kappa shape index (κ3) is 6.35. The highest BCUT2D eigenvalue weighted by Crippen LogP contribution is 2.30. The van der Waals surface area contributed by atoms with Crippen molar-refractivity contribution in [2.24, 2.45) is 0 Å². The zero-order chi connectivity index (χ0) is 19.8. The molecular formula is C21H24N4OS2. The summed E-state index contributed by atoms with van der Waals surface area (Å²) in [6, 6.07) is 20.3. The van der Waals surface area contributed by atoms with E-state index in [1.54, 1.807) is 0 Å². The average Bonchev–Trinajstić information content (AvgIpc) is 3.14. The average molecular weight is 413 g/mol. The number of para-hydroxylation sites is 1. The number of aromatic nitrogens is 2. The van der Waals surface area contributed by atoms with Crippen LogP contribution < -0.4 is 10.6 Å². The minimum absolute atomic E-state index is 0.0262. The molecule has 0 aliphatic rings. The molecule has 28 heavy (non-hydrogen) atoms. The Balaban J connectivity index is 1.45. The summed E-state index contributed by atoms with van der Waals surface area (Å²) < 4.78 is 0.776. The molecule has 0 aliphatic heterocycles. The molecule has 3 aromatic rings. The third-order valence-electron chi connectivity index (χ3n) is 4.18. The second-order valence-electron chi connectivity index (χ2n) is 6.56. The maximum Gasteiger partial charge on any atom is 0.233 e. The third-order valence-corrected chi connectivity index (χ3v) is 6.20. The SMILES string of the molecule is CC(CCc1ccccc1)NC(=O)C(C)Sc1nnc(Nc2ccccc2)s1. The van der Waals surface area contributed by atoms with E-state index in [4.69, 9.17) is 0 Å². The molecule has 0 aliphatic carbocycles. The van der Waals surface area contributed by atoms with Crippen molar-refractivity contribution in [3.63, 3.8) is 0 Å². The van der Waals surface area contributed by atoms with Gasteiger partial charge in [-0.25, -0.2) is 0 Å². The van der Waals surface area contributed by atoms with Crippen LogP contribution in [0.15, 0.2) is 65.0 Å². The number of thioether (sulfide) groups is 1. The lowest BCUT2D eigenvalue weighted by atomic mass is 10.1. The Kier molecular flexibility index (Phi) is 7.45. The second kappa shape index (κ2) is 10.2. The number of carbonyl (C=O) groups excluding carboxylic acids is 1. The van der Waals surface area contributed by atoms with Gasteiger partial charge in [-0.2, -0.15) is 0 Å². The monoisotopic (exact) mass is 412 g/mol. The van der Waals surface area contributed by atoms with Crippen molar-refractivity contribution in [2.75, 3.05) is 5.32 Å². The molecule has 1 aromatic heterocycles. The number of anilines is 2. The Hall–Kier alpha value is -2.38. The molecule has 0 bridgehead atoms. The summed E-state index contributed by atoms with van der Waals surface area (Å²) in [4.78, 5) is 12.5. The maximum absolute atomic E-state index is 12.5. The van der Waals surface area contributed by atoms with E-state index in [-0.39, 0.29) is 17.2 Å². The molecule has 1 heterocycles. The van der Waals surface area contributed by atoms with Crippen LogP contribution in [-0.4, -0.2) is 27.4 Å². The zero-order valence-corrected chi connectivity index (χ0v) is 17.6. The maximum atomic E-state index is 12.5. The molecule has 146 valence electrons. The number of aryl methyl sites for hydroxylation is 1. The van der Waals surface area contributed by atoms with Gasteiger partial charge in [-0.05, 0) is 44.4 Å². The molecule has 0 saturated heterocycles. The summed E-state index contributed by atoms with van der Waals surface area (Å²) in [5.41, 5.74) is 2.26. The first-order valence-corrected chi connectivity index (χ1v) is 11.0. The van der Waals surface area contributed by atoms with Crippen molar-refractivity contribution in [3.05, 3.63) is 66.2 Å². The van der Waals surface area contributed by atoms with E-state index < -0.39 is 0 Å². The van der Waals surface area contributed by atoms with Gasteiger partial charge in [-0.1, -0.05) is 71.6 Å². The van der Waals surface area contributed by atoms with Gasteiger partial charge in [-0.15, -0.1) is 10.2 Å². The molecule has 5 nitrogen and oxygen atoms in total. The van der Waals surface area contributed by atoms with Crippen molar-refractivity contribution >= 4 is 39.8 Å². The molecule has 0 radical (unpaired) electrons. The Labute approximate surface area is 174 Å². The summed E-state index contributed by atoms with van der Waals surface area (Å²) in [5.74, 6) is 0.0262. The van der Waals surface area contributed by atoms with E-state index in [0.29, 0.717) is 0 Å². The largest absolute Gasteiger partial charge is 0.353 e. The van der Waals surface area contributed by atoms with Crippen LogP contribution in [0.25, 0.3) is 0 Å². The minimum atomic E-state index is -0.225. The van der Waals surface area contributed by atoms with Crippen LogP contribution in [0.1, 0.15) is 25.8 Å². The predicted molar refractivity (Wildman–Crippen MR) is 117 cm³/mol. The summed E-state index contributed by atoms with van der Waals surface area (Å²) in [5, 5.41) is 15.1. The molecule has 2 aromatic carbocycles. The quantitative estimate of drug-likeness (QED) is 0.489. The van der Waals surface area contributed by atoms with Crippen LogP contribution >= 0.6 is 23.1 Å². The number of hydrogen-bond acceptors (Lipinski definition) is 6. The van der Waals surface area contributed by atoms with E-state index in [0.717, 1.165) is 28.0 Å². The Morgan fingerprint density at radius 2 is 1.71 bits per heavy atom. The highest BCUT2D eigenvalue weighted by Gasteiger charge is 2.19. The molecule has 0 spiro atoms. The predicted octanol–water partition coefficient (Wildman–Crippen LogP) is 4.90. The number of nitrogens with one attached hydrogen (secondary N) is 2. The van der Waals surface area contributed by atoms with Gasteiger partial charge >= 0.3 is 0 Å². The number of nitrogens with zero attached hydrogens (tertiary/aromatic N) is 2. The lowest BCUT2D eigenvalue weighted by molar-refractivity contribution is -0.120. The molecular weight excluding hydrogens is 388 g/mol. The molecule has 0 fully saturated rings. The first-order chi connectivity index (χ1) is 13.6. The van der Waals surface area contributed by atoms with Gasteiger partial charge < -0.3 is 10.6 Å². The number of amides is 1. The lowest BCUT2D eigenvalue weighted by Gasteiger charge is -2.16. The van der Waals surface area contributed by atoms with Gasteiger partial charge in [0, 0.05) is 11.7 Å². The Morgan fingerprint density at radius 1 is 1.04 bits per heavy atom.